The van der Waals surface area contributed by atoms with Crippen molar-refractivity contribution in [2.75, 3.05) is 11.9 Å². The Labute approximate surface area is 213 Å². The molecule has 4 rings (SSSR count). The van der Waals surface area contributed by atoms with Gasteiger partial charge >= 0.3 is 12.1 Å². The summed E-state index contributed by atoms with van der Waals surface area (Å²) in [6.45, 7) is 1.92. The van der Waals surface area contributed by atoms with Crippen molar-refractivity contribution in [2.24, 2.45) is 0 Å². The number of carbonyl (C=O) groups excluding carboxylic acids is 1. The number of anilines is 1. The van der Waals surface area contributed by atoms with E-state index in [1.54, 1.807) is 13.0 Å². The standard InChI is InChI=1S/C28H25ClN2O5/c1-18-26(30-28(34)35-17-16-22-4-2-3-5-24(22)29)27(36-31-18)23-13-11-21(12-14-23)20-9-6-19(7-10-20)8-15-25(32)33/h2-7,9-14H,8,15-17H2,1H3,(H,30,34)(H,32,33). The molecular weight excluding hydrogens is 480 g/mol. The highest BCUT2D eigenvalue weighted by Crippen LogP contribution is 2.32. The summed E-state index contributed by atoms with van der Waals surface area (Å²) in [5.74, 6) is -0.373. The maximum absolute atomic E-state index is 12.4. The normalized spacial score (nSPS) is 10.7. The summed E-state index contributed by atoms with van der Waals surface area (Å²) in [6.07, 6.45) is 0.507. The second kappa shape index (κ2) is 11.6. The Morgan fingerprint density at radius 2 is 1.58 bits per heavy atom. The van der Waals surface area contributed by atoms with Gasteiger partial charge in [0, 0.05) is 23.4 Å². The third kappa shape index (κ3) is 6.31. The number of carboxylic acids is 1. The third-order valence-corrected chi connectivity index (χ3v) is 6.08. The van der Waals surface area contributed by atoms with Crippen molar-refractivity contribution >= 4 is 29.4 Å². The first-order chi connectivity index (χ1) is 17.4. The number of carboxylic acid groups (broad SMARTS) is 1. The van der Waals surface area contributed by atoms with Crippen LogP contribution in [0.2, 0.25) is 5.02 Å². The number of nitrogens with one attached hydrogen (secondary N) is 1. The van der Waals surface area contributed by atoms with Crippen LogP contribution in [0.25, 0.3) is 22.5 Å². The molecule has 0 fully saturated rings. The number of amides is 1. The lowest BCUT2D eigenvalue weighted by molar-refractivity contribution is -0.136. The van der Waals surface area contributed by atoms with Gasteiger partial charge in [-0.3, -0.25) is 10.1 Å². The van der Waals surface area contributed by atoms with Crippen molar-refractivity contribution in [3.8, 4) is 22.5 Å². The van der Waals surface area contributed by atoms with Gasteiger partial charge in [0.1, 0.15) is 11.4 Å². The van der Waals surface area contributed by atoms with E-state index >= 15 is 0 Å². The van der Waals surface area contributed by atoms with Crippen LogP contribution in [0.4, 0.5) is 10.5 Å². The van der Waals surface area contributed by atoms with E-state index in [9.17, 15) is 9.59 Å². The number of rotatable bonds is 9. The minimum atomic E-state index is -0.809. The van der Waals surface area contributed by atoms with Crippen molar-refractivity contribution < 1.29 is 24.0 Å². The predicted octanol–water partition coefficient (Wildman–Crippen LogP) is 6.78. The fourth-order valence-corrected chi connectivity index (χ4v) is 3.97. The fourth-order valence-electron chi connectivity index (χ4n) is 3.74. The van der Waals surface area contributed by atoms with Crippen LogP contribution < -0.4 is 5.32 Å². The Bertz CT molecular complexity index is 1350. The summed E-state index contributed by atoms with van der Waals surface area (Å²) in [5, 5.41) is 16.2. The smallest absolute Gasteiger partial charge is 0.411 e. The van der Waals surface area contributed by atoms with Crippen LogP contribution in [0.3, 0.4) is 0 Å². The second-order valence-corrected chi connectivity index (χ2v) is 8.65. The van der Waals surface area contributed by atoms with E-state index in [4.69, 9.17) is 26.0 Å². The number of nitrogens with zero attached hydrogens (tertiary/aromatic N) is 1. The van der Waals surface area contributed by atoms with Crippen molar-refractivity contribution in [2.45, 2.75) is 26.2 Å². The fraction of sp³-hybridized carbons (Fsp3) is 0.179. The van der Waals surface area contributed by atoms with Crippen molar-refractivity contribution in [1.82, 2.24) is 5.16 Å². The van der Waals surface area contributed by atoms with Crippen LogP contribution in [0.15, 0.2) is 77.3 Å². The number of carbonyl (C=O) groups is 2. The molecule has 184 valence electrons. The maximum atomic E-state index is 12.4. The minimum Gasteiger partial charge on any atom is -0.481 e. The van der Waals surface area contributed by atoms with Gasteiger partial charge in [0.25, 0.3) is 0 Å². The molecule has 7 nitrogen and oxygen atoms in total. The average Bonchev–Trinajstić information content (AvgIpc) is 3.24. The highest BCUT2D eigenvalue weighted by molar-refractivity contribution is 6.31. The summed E-state index contributed by atoms with van der Waals surface area (Å²) in [5.41, 5.74) is 5.63. The molecule has 0 atom stereocenters. The van der Waals surface area contributed by atoms with Crippen molar-refractivity contribution in [1.29, 1.82) is 0 Å². The second-order valence-electron chi connectivity index (χ2n) is 8.24. The molecule has 36 heavy (non-hydrogen) atoms. The summed E-state index contributed by atoms with van der Waals surface area (Å²) in [7, 11) is 0. The summed E-state index contributed by atoms with van der Waals surface area (Å²) in [4.78, 5) is 23.2. The lowest BCUT2D eigenvalue weighted by atomic mass is 10.0. The molecule has 1 aromatic heterocycles. The van der Waals surface area contributed by atoms with Gasteiger partial charge in [-0.15, -0.1) is 0 Å². The van der Waals surface area contributed by atoms with E-state index < -0.39 is 12.1 Å². The molecule has 0 bridgehead atoms. The van der Waals surface area contributed by atoms with Crippen LogP contribution >= 0.6 is 11.6 Å². The number of aliphatic carboxylic acids is 1. The number of hydrogen-bond donors (Lipinski definition) is 2. The predicted molar refractivity (Wildman–Crippen MR) is 138 cm³/mol. The molecule has 0 saturated heterocycles. The monoisotopic (exact) mass is 504 g/mol. The van der Waals surface area contributed by atoms with Gasteiger partial charge in [-0.1, -0.05) is 83.5 Å². The number of benzene rings is 3. The number of aryl methyl sites for hydroxylation is 2. The Hall–Kier alpha value is -4.10. The molecule has 4 aromatic rings. The number of aromatic nitrogens is 1. The molecule has 0 spiro atoms. The summed E-state index contributed by atoms with van der Waals surface area (Å²) < 4.78 is 10.8. The quantitative estimate of drug-likeness (QED) is 0.260. The van der Waals surface area contributed by atoms with Crippen LogP contribution in [0, 0.1) is 6.92 Å². The zero-order chi connectivity index (χ0) is 25.5. The lowest BCUT2D eigenvalue weighted by Gasteiger charge is -2.09. The number of ether oxygens (including phenoxy) is 1. The Kier molecular flexibility index (Phi) is 8.02. The molecule has 0 aliphatic rings. The topological polar surface area (TPSA) is 102 Å². The van der Waals surface area contributed by atoms with Crippen molar-refractivity contribution in [3.05, 3.63) is 94.6 Å². The molecule has 1 amide bonds. The molecule has 8 heteroatoms. The molecule has 3 aromatic carbocycles. The summed E-state index contributed by atoms with van der Waals surface area (Å²) in [6, 6.07) is 22.9. The zero-order valence-corrected chi connectivity index (χ0v) is 20.4. The van der Waals surface area contributed by atoms with Gasteiger partial charge < -0.3 is 14.4 Å². The van der Waals surface area contributed by atoms with Gasteiger partial charge in [-0.25, -0.2) is 4.79 Å². The third-order valence-electron chi connectivity index (χ3n) is 5.71. The van der Waals surface area contributed by atoms with E-state index in [-0.39, 0.29) is 13.0 Å². The first-order valence-corrected chi connectivity index (χ1v) is 11.8. The van der Waals surface area contributed by atoms with Crippen LogP contribution in [0.1, 0.15) is 23.2 Å². The first kappa shape index (κ1) is 25.0. The van der Waals surface area contributed by atoms with Gasteiger partial charge in [0.2, 0.25) is 0 Å². The Morgan fingerprint density at radius 1 is 0.944 bits per heavy atom. The lowest BCUT2D eigenvalue weighted by Crippen LogP contribution is -2.16. The largest absolute Gasteiger partial charge is 0.481 e. The molecule has 0 saturated carbocycles. The molecular formula is C28H25ClN2O5. The van der Waals surface area contributed by atoms with E-state index in [1.165, 1.54) is 0 Å². The van der Waals surface area contributed by atoms with Gasteiger partial charge in [0.15, 0.2) is 5.76 Å². The van der Waals surface area contributed by atoms with E-state index in [1.807, 2.05) is 66.7 Å². The molecule has 0 aliphatic carbocycles. The maximum Gasteiger partial charge on any atom is 0.411 e. The summed E-state index contributed by atoms with van der Waals surface area (Å²) >= 11 is 6.15. The van der Waals surface area contributed by atoms with Crippen LogP contribution in [-0.4, -0.2) is 28.9 Å². The number of hydrogen-bond acceptors (Lipinski definition) is 5. The van der Waals surface area contributed by atoms with E-state index in [0.29, 0.717) is 35.0 Å². The van der Waals surface area contributed by atoms with Crippen molar-refractivity contribution in [3.63, 3.8) is 0 Å². The highest BCUT2D eigenvalue weighted by atomic mass is 35.5. The van der Waals surface area contributed by atoms with Gasteiger partial charge in [-0.05, 0) is 41.7 Å². The molecule has 1 heterocycles. The SMILES string of the molecule is Cc1noc(-c2ccc(-c3ccc(CCC(=O)O)cc3)cc2)c1NC(=O)OCCc1ccccc1Cl. The van der Waals surface area contributed by atoms with Crippen LogP contribution in [-0.2, 0) is 22.4 Å². The number of halogens is 1. The Morgan fingerprint density at radius 3 is 2.25 bits per heavy atom. The minimum absolute atomic E-state index is 0.107. The molecule has 0 radical (unpaired) electrons. The Balaban J connectivity index is 1.40. The highest BCUT2D eigenvalue weighted by Gasteiger charge is 2.18. The van der Waals surface area contributed by atoms with E-state index in [0.717, 1.165) is 27.8 Å². The average molecular weight is 505 g/mol. The zero-order valence-electron chi connectivity index (χ0n) is 19.7. The van der Waals surface area contributed by atoms with Gasteiger partial charge in [0.05, 0.1) is 6.61 Å². The molecule has 2 N–H and O–H groups in total. The van der Waals surface area contributed by atoms with Crippen LogP contribution in [0.5, 0.6) is 0 Å². The first-order valence-electron chi connectivity index (χ1n) is 11.5. The van der Waals surface area contributed by atoms with Gasteiger partial charge in [-0.2, -0.15) is 0 Å². The van der Waals surface area contributed by atoms with E-state index in [2.05, 4.69) is 10.5 Å². The molecule has 0 aliphatic heterocycles. The molecule has 0 unspecified atom stereocenters.